The predicted molar refractivity (Wildman–Crippen MR) is 157 cm³/mol. The van der Waals surface area contributed by atoms with Crippen molar-refractivity contribution in [2.45, 2.75) is 59.2 Å². The highest BCUT2D eigenvalue weighted by molar-refractivity contribution is 5.90. The van der Waals surface area contributed by atoms with E-state index in [1.165, 1.54) is 5.39 Å². The van der Waals surface area contributed by atoms with Gasteiger partial charge < -0.3 is 25.6 Å². The van der Waals surface area contributed by atoms with Gasteiger partial charge in [0.2, 0.25) is 0 Å². The van der Waals surface area contributed by atoms with Crippen molar-refractivity contribution < 1.29 is 24.2 Å². The number of nitrogen functional groups attached to an aromatic ring is 1. The van der Waals surface area contributed by atoms with Crippen LogP contribution >= 0.6 is 0 Å². The molecule has 3 rings (SSSR count). The lowest BCUT2D eigenvalue weighted by Crippen LogP contribution is -2.36. The number of anilines is 1. The highest BCUT2D eigenvalue weighted by atomic mass is 16.6. The molecule has 39 heavy (non-hydrogen) atoms. The van der Waals surface area contributed by atoms with Gasteiger partial charge >= 0.3 is 11.9 Å². The van der Waals surface area contributed by atoms with E-state index in [9.17, 15) is 9.59 Å². The summed E-state index contributed by atoms with van der Waals surface area (Å²) in [6.45, 7) is 10.3. The zero-order valence-corrected chi connectivity index (χ0v) is 23.8. The molecule has 4 N–H and O–H groups in total. The summed E-state index contributed by atoms with van der Waals surface area (Å²) in [6, 6.07) is 18.6. The van der Waals surface area contributed by atoms with E-state index in [-0.39, 0.29) is 12.2 Å². The molecule has 8 nitrogen and oxygen atoms in total. The minimum Gasteiger partial charge on any atom is -0.491 e. The largest absolute Gasteiger partial charge is 0.491 e. The van der Waals surface area contributed by atoms with Crippen molar-refractivity contribution in [2.75, 3.05) is 32.5 Å². The molecule has 212 valence electrons. The number of nitrogens with one attached hydrogen (secondary N) is 1. The average molecular weight is 538 g/mol. The van der Waals surface area contributed by atoms with Crippen LogP contribution in [0, 0.1) is 0 Å². The molecule has 0 spiro atoms. The second-order valence-corrected chi connectivity index (χ2v) is 9.25. The third-order valence-corrected chi connectivity index (χ3v) is 6.51. The first-order chi connectivity index (χ1) is 18.7. The second-order valence-electron chi connectivity index (χ2n) is 9.25. The molecule has 1 unspecified atom stereocenters. The maximum Gasteiger partial charge on any atom is 0.339 e. The number of benzene rings is 3. The number of nitrogens with zero attached hydrogens (tertiary/aromatic N) is 1. The molecule has 0 amide bonds. The SMILES string of the molecule is CCCCOc1cc(C(=O)OC(C)N(CC)CC)ccc1N.CN[C@H](Cc1ccc2ccccc2c1)C(=O)O. The molecule has 0 radical (unpaired) electrons. The van der Waals surface area contributed by atoms with E-state index < -0.39 is 12.0 Å². The molecule has 0 saturated heterocycles. The molecule has 0 fully saturated rings. The second kappa shape index (κ2) is 16.4. The number of nitrogens with two attached hydrogens (primary N) is 1. The highest BCUT2D eigenvalue weighted by Crippen LogP contribution is 2.24. The first kappa shape index (κ1) is 31.6. The number of ether oxygens (including phenoxy) is 2. The van der Waals surface area contributed by atoms with Crippen LogP contribution in [0.5, 0.6) is 5.75 Å². The summed E-state index contributed by atoms with van der Waals surface area (Å²) in [5.41, 5.74) is 7.90. The van der Waals surface area contributed by atoms with Gasteiger partial charge in [-0.3, -0.25) is 9.69 Å². The van der Waals surface area contributed by atoms with Crippen molar-refractivity contribution in [3.63, 3.8) is 0 Å². The van der Waals surface area contributed by atoms with Gasteiger partial charge in [0.25, 0.3) is 0 Å². The quantitative estimate of drug-likeness (QED) is 0.116. The Morgan fingerprint density at radius 2 is 1.69 bits per heavy atom. The summed E-state index contributed by atoms with van der Waals surface area (Å²) in [4.78, 5) is 25.2. The summed E-state index contributed by atoms with van der Waals surface area (Å²) < 4.78 is 11.1. The van der Waals surface area contributed by atoms with E-state index in [0.29, 0.717) is 30.0 Å². The van der Waals surface area contributed by atoms with Crippen LogP contribution in [-0.2, 0) is 16.0 Å². The van der Waals surface area contributed by atoms with Crippen LogP contribution in [-0.4, -0.2) is 61.0 Å². The fourth-order valence-corrected chi connectivity index (χ4v) is 4.06. The molecule has 0 aliphatic heterocycles. The Bertz CT molecular complexity index is 1200. The Hall–Kier alpha value is -3.62. The Labute approximate surface area is 232 Å². The first-order valence-electron chi connectivity index (χ1n) is 13.6. The molecule has 0 bridgehead atoms. The predicted octanol–water partition coefficient (Wildman–Crippen LogP) is 5.35. The monoisotopic (exact) mass is 537 g/mol. The van der Waals surface area contributed by atoms with E-state index in [4.69, 9.17) is 20.3 Å². The molecular weight excluding hydrogens is 494 g/mol. The third kappa shape index (κ3) is 9.89. The van der Waals surface area contributed by atoms with E-state index in [1.54, 1.807) is 25.2 Å². The van der Waals surface area contributed by atoms with Crippen LogP contribution in [0.15, 0.2) is 60.7 Å². The number of rotatable bonds is 13. The zero-order chi connectivity index (χ0) is 28.8. The highest BCUT2D eigenvalue weighted by Gasteiger charge is 2.18. The van der Waals surface area contributed by atoms with E-state index in [0.717, 1.165) is 36.9 Å². The van der Waals surface area contributed by atoms with Crippen LogP contribution in [0.2, 0.25) is 0 Å². The van der Waals surface area contributed by atoms with Crippen LogP contribution < -0.4 is 15.8 Å². The summed E-state index contributed by atoms with van der Waals surface area (Å²) in [7, 11) is 1.67. The van der Waals surface area contributed by atoms with Gasteiger partial charge in [-0.15, -0.1) is 0 Å². The number of unbranched alkanes of at least 4 members (excludes halogenated alkanes) is 1. The van der Waals surface area contributed by atoms with Crippen molar-refractivity contribution in [1.82, 2.24) is 10.2 Å². The van der Waals surface area contributed by atoms with E-state index in [2.05, 4.69) is 17.1 Å². The fraction of sp³-hybridized carbons (Fsp3) is 0.419. The lowest BCUT2D eigenvalue weighted by molar-refractivity contribution is -0.139. The van der Waals surface area contributed by atoms with Crippen LogP contribution in [0.1, 0.15) is 56.5 Å². The molecule has 0 aliphatic carbocycles. The number of esters is 1. The molecule has 0 aliphatic rings. The number of aliphatic carboxylic acids is 1. The van der Waals surface area contributed by atoms with Gasteiger partial charge in [-0.2, -0.15) is 0 Å². The van der Waals surface area contributed by atoms with Crippen molar-refractivity contribution in [3.8, 4) is 5.75 Å². The number of carboxylic acids is 1. The van der Waals surface area contributed by atoms with Gasteiger partial charge in [0.1, 0.15) is 11.8 Å². The fourth-order valence-electron chi connectivity index (χ4n) is 4.06. The van der Waals surface area contributed by atoms with Gasteiger partial charge in [-0.05, 0) is 74.4 Å². The summed E-state index contributed by atoms with van der Waals surface area (Å²) in [6.07, 6.45) is 2.23. The number of likely N-dealkylation sites (N-methyl/N-ethyl adjacent to an activating group) is 1. The molecule has 2 atom stereocenters. The Morgan fingerprint density at radius 3 is 2.31 bits per heavy atom. The Kier molecular flexibility index (Phi) is 13.3. The number of carboxylic acid groups (broad SMARTS) is 1. The van der Waals surface area contributed by atoms with Crippen molar-refractivity contribution >= 4 is 28.4 Å². The van der Waals surface area contributed by atoms with Gasteiger partial charge in [0.05, 0.1) is 17.9 Å². The minimum atomic E-state index is -0.819. The lowest BCUT2D eigenvalue weighted by atomic mass is 10.0. The average Bonchev–Trinajstić information content (AvgIpc) is 2.93. The van der Waals surface area contributed by atoms with Gasteiger partial charge in [0.15, 0.2) is 6.23 Å². The lowest BCUT2D eigenvalue weighted by Gasteiger charge is -2.25. The van der Waals surface area contributed by atoms with Crippen LogP contribution in [0.25, 0.3) is 10.8 Å². The topological polar surface area (TPSA) is 114 Å². The third-order valence-electron chi connectivity index (χ3n) is 6.51. The van der Waals surface area contributed by atoms with E-state index >= 15 is 0 Å². The number of carbonyl (C=O) groups excluding carboxylic acids is 1. The number of hydrogen-bond donors (Lipinski definition) is 3. The van der Waals surface area contributed by atoms with E-state index in [1.807, 2.05) is 63.2 Å². The zero-order valence-electron chi connectivity index (χ0n) is 23.8. The molecule has 3 aromatic rings. The van der Waals surface area contributed by atoms with Crippen molar-refractivity contribution in [2.24, 2.45) is 0 Å². The summed E-state index contributed by atoms with van der Waals surface area (Å²) in [5.74, 6) is -0.640. The van der Waals surface area contributed by atoms with Gasteiger partial charge in [0, 0.05) is 0 Å². The Balaban J connectivity index is 0.000000282. The molecule has 0 heterocycles. The molecular formula is C31H43N3O5. The smallest absolute Gasteiger partial charge is 0.339 e. The molecule has 0 aromatic heterocycles. The van der Waals surface area contributed by atoms with Crippen molar-refractivity contribution in [3.05, 3.63) is 71.8 Å². The molecule has 3 aromatic carbocycles. The van der Waals surface area contributed by atoms with Gasteiger partial charge in [-0.25, -0.2) is 4.79 Å². The standard InChI is InChI=1S/C17H28N2O3.C14H15NO2/c1-5-8-11-21-16-12-14(9-10-15(16)18)17(20)22-13(4)19(6-2)7-3;1-15-13(14(16)17)9-10-6-7-11-4-2-3-5-12(11)8-10/h9-10,12-13H,5-8,11,18H2,1-4H3;2-8,13,15H,9H2,1H3,(H,16,17)/t;13-/m.1/s1. The van der Waals surface area contributed by atoms with Crippen LogP contribution in [0.3, 0.4) is 0 Å². The normalized spacial score (nSPS) is 12.4. The maximum atomic E-state index is 12.2. The minimum absolute atomic E-state index is 0.260. The van der Waals surface area contributed by atoms with Gasteiger partial charge in [-0.1, -0.05) is 69.7 Å². The molecule has 0 saturated carbocycles. The maximum absolute atomic E-state index is 12.2. The van der Waals surface area contributed by atoms with Crippen LogP contribution in [0.4, 0.5) is 5.69 Å². The number of carbonyl (C=O) groups is 2. The number of fused-ring (bicyclic) bond motifs is 1. The first-order valence-corrected chi connectivity index (χ1v) is 13.6. The van der Waals surface area contributed by atoms with Crippen molar-refractivity contribution in [1.29, 1.82) is 0 Å². The number of hydrogen-bond acceptors (Lipinski definition) is 7. The Morgan fingerprint density at radius 1 is 1.00 bits per heavy atom. The summed E-state index contributed by atoms with van der Waals surface area (Å²) in [5, 5.41) is 14.1. The summed E-state index contributed by atoms with van der Waals surface area (Å²) >= 11 is 0. The molecule has 8 heteroatoms.